The molecule has 0 aromatic heterocycles. The quantitative estimate of drug-likeness (QED) is 0.834. The molecule has 1 heterocycles. The molecule has 1 aromatic rings. The highest BCUT2D eigenvalue weighted by molar-refractivity contribution is 5.93. The number of carbonyl (C=O) groups is 1. The Morgan fingerprint density at radius 1 is 1.42 bits per heavy atom. The number of methoxy groups -OCH3 is 1. The summed E-state index contributed by atoms with van der Waals surface area (Å²) in [5.41, 5.74) is 7.00. The van der Waals surface area contributed by atoms with E-state index in [0.717, 1.165) is 12.8 Å². The molecule has 0 saturated carbocycles. The van der Waals surface area contributed by atoms with Crippen LogP contribution in [0, 0.1) is 5.92 Å². The van der Waals surface area contributed by atoms with Crippen LogP contribution in [-0.4, -0.2) is 26.2 Å². The van der Waals surface area contributed by atoms with Crippen molar-refractivity contribution in [1.29, 1.82) is 0 Å². The van der Waals surface area contributed by atoms with E-state index in [-0.39, 0.29) is 24.2 Å². The van der Waals surface area contributed by atoms with Crippen LogP contribution in [-0.2, 0) is 9.53 Å². The van der Waals surface area contributed by atoms with Crippen molar-refractivity contribution in [3.63, 3.8) is 0 Å². The number of anilines is 2. The maximum absolute atomic E-state index is 12.0. The lowest BCUT2D eigenvalue weighted by Crippen LogP contribution is -2.28. The summed E-state index contributed by atoms with van der Waals surface area (Å²) in [6.07, 6.45) is 1.55. The van der Waals surface area contributed by atoms with Gasteiger partial charge < -0.3 is 20.5 Å². The Hall–Kier alpha value is -1.46. The highest BCUT2D eigenvalue weighted by atomic mass is 35.5. The number of benzene rings is 1. The van der Waals surface area contributed by atoms with E-state index < -0.39 is 0 Å². The molecule has 0 aliphatic carbocycles. The van der Waals surface area contributed by atoms with Crippen LogP contribution in [0.25, 0.3) is 0 Å². The van der Waals surface area contributed by atoms with Gasteiger partial charge in [0.15, 0.2) is 0 Å². The number of carbonyl (C=O) groups excluding carboxylic acids is 1. The van der Waals surface area contributed by atoms with Gasteiger partial charge in [0, 0.05) is 24.8 Å². The fraction of sp³-hybridized carbons (Fsp3) is 0.462. The molecule has 5 nitrogen and oxygen atoms in total. The van der Waals surface area contributed by atoms with Gasteiger partial charge in [0.2, 0.25) is 5.91 Å². The van der Waals surface area contributed by atoms with Crippen molar-refractivity contribution in [3.8, 4) is 5.75 Å². The van der Waals surface area contributed by atoms with E-state index in [9.17, 15) is 4.79 Å². The molecule has 1 saturated heterocycles. The topological polar surface area (TPSA) is 73.6 Å². The average molecular weight is 287 g/mol. The third kappa shape index (κ3) is 4.01. The zero-order valence-corrected chi connectivity index (χ0v) is 11.7. The third-order valence-electron chi connectivity index (χ3n) is 3.09. The summed E-state index contributed by atoms with van der Waals surface area (Å²) >= 11 is 0. The smallest absolute Gasteiger partial charge is 0.227 e. The summed E-state index contributed by atoms with van der Waals surface area (Å²) in [5, 5.41) is 2.87. The van der Waals surface area contributed by atoms with Gasteiger partial charge in [-0.15, -0.1) is 12.4 Å². The lowest BCUT2D eigenvalue weighted by atomic mass is 9.99. The van der Waals surface area contributed by atoms with Crippen LogP contribution in [0.4, 0.5) is 11.4 Å². The van der Waals surface area contributed by atoms with E-state index in [2.05, 4.69) is 5.32 Å². The minimum absolute atomic E-state index is 0. The van der Waals surface area contributed by atoms with Crippen molar-refractivity contribution in [3.05, 3.63) is 18.2 Å². The van der Waals surface area contributed by atoms with Crippen molar-refractivity contribution in [1.82, 2.24) is 0 Å². The van der Waals surface area contributed by atoms with Gasteiger partial charge in [0.05, 0.1) is 12.8 Å². The minimum atomic E-state index is 0. The first-order valence-corrected chi connectivity index (χ1v) is 6.03. The molecule has 0 bridgehead atoms. The molecule has 1 amide bonds. The highest BCUT2D eigenvalue weighted by Gasteiger charge is 2.21. The molecule has 0 atom stereocenters. The van der Waals surface area contributed by atoms with Crippen molar-refractivity contribution in [2.75, 3.05) is 31.4 Å². The largest absolute Gasteiger partial charge is 0.495 e. The molecule has 6 heteroatoms. The van der Waals surface area contributed by atoms with Crippen LogP contribution >= 0.6 is 12.4 Å². The third-order valence-corrected chi connectivity index (χ3v) is 3.09. The zero-order valence-electron chi connectivity index (χ0n) is 10.8. The van der Waals surface area contributed by atoms with E-state index in [0.29, 0.717) is 30.3 Å². The Bertz CT molecular complexity index is 434. The van der Waals surface area contributed by atoms with Gasteiger partial charge in [-0.3, -0.25) is 4.79 Å². The van der Waals surface area contributed by atoms with E-state index in [1.165, 1.54) is 0 Å². The number of amides is 1. The van der Waals surface area contributed by atoms with E-state index in [1.54, 1.807) is 25.3 Å². The fourth-order valence-corrected chi connectivity index (χ4v) is 2.02. The molecule has 1 aromatic carbocycles. The van der Waals surface area contributed by atoms with E-state index in [1.807, 2.05) is 0 Å². The number of hydrogen-bond donors (Lipinski definition) is 2. The van der Waals surface area contributed by atoms with Crippen LogP contribution in [0.15, 0.2) is 18.2 Å². The summed E-state index contributed by atoms with van der Waals surface area (Å²) in [6.45, 7) is 1.31. The second kappa shape index (κ2) is 7.21. The zero-order chi connectivity index (χ0) is 13.0. The number of nitrogens with two attached hydrogens (primary N) is 1. The van der Waals surface area contributed by atoms with Gasteiger partial charge in [-0.25, -0.2) is 0 Å². The maximum atomic E-state index is 12.0. The van der Waals surface area contributed by atoms with E-state index in [4.69, 9.17) is 15.2 Å². The predicted octanol–water partition coefficient (Wildman–Crippen LogP) is 2.06. The van der Waals surface area contributed by atoms with Gasteiger partial charge in [0.25, 0.3) is 0 Å². The van der Waals surface area contributed by atoms with Gasteiger partial charge in [-0.05, 0) is 31.0 Å². The minimum Gasteiger partial charge on any atom is -0.495 e. The Morgan fingerprint density at radius 2 is 2.11 bits per heavy atom. The Balaban J connectivity index is 0.00000180. The molecule has 19 heavy (non-hydrogen) atoms. The van der Waals surface area contributed by atoms with Crippen LogP contribution in [0.5, 0.6) is 5.75 Å². The van der Waals surface area contributed by atoms with E-state index >= 15 is 0 Å². The predicted molar refractivity (Wildman–Crippen MR) is 76.8 cm³/mol. The first-order valence-electron chi connectivity index (χ1n) is 6.03. The molecular formula is C13H19ClN2O3. The van der Waals surface area contributed by atoms with Crippen molar-refractivity contribution < 1.29 is 14.3 Å². The molecule has 2 rings (SSSR count). The number of nitrogen functional groups attached to an aromatic ring is 1. The molecule has 3 N–H and O–H groups in total. The van der Waals surface area contributed by atoms with Gasteiger partial charge in [0.1, 0.15) is 5.75 Å². The monoisotopic (exact) mass is 286 g/mol. The number of nitrogens with one attached hydrogen (secondary N) is 1. The van der Waals surface area contributed by atoms with Crippen LogP contribution in [0.1, 0.15) is 12.8 Å². The van der Waals surface area contributed by atoms with Gasteiger partial charge in [-0.2, -0.15) is 0 Å². The SMILES string of the molecule is COc1ccc(NC(=O)C2CCOCC2)cc1N.Cl. The first-order chi connectivity index (χ1) is 8.70. The fourth-order valence-electron chi connectivity index (χ4n) is 2.02. The maximum Gasteiger partial charge on any atom is 0.227 e. The Kier molecular flexibility index (Phi) is 5.92. The standard InChI is InChI=1S/C13H18N2O3.ClH/c1-17-12-3-2-10(8-11(12)14)15-13(16)9-4-6-18-7-5-9;/h2-3,8-9H,4-7,14H2,1H3,(H,15,16);1H. The summed E-state index contributed by atoms with van der Waals surface area (Å²) in [7, 11) is 1.56. The molecule has 0 radical (unpaired) electrons. The summed E-state index contributed by atoms with van der Waals surface area (Å²) in [6, 6.07) is 5.23. The first kappa shape index (κ1) is 15.6. The number of ether oxygens (including phenoxy) is 2. The number of rotatable bonds is 3. The molecular weight excluding hydrogens is 268 g/mol. The van der Waals surface area contributed by atoms with Gasteiger partial charge >= 0.3 is 0 Å². The Morgan fingerprint density at radius 3 is 2.68 bits per heavy atom. The Labute approximate surface area is 118 Å². The van der Waals surface area contributed by atoms with Crippen LogP contribution in [0.2, 0.25) is 0 Å². The van der Waals surface area contributed by atoms with Crippen molar-refractivity contribution in [2.45, 2.75) is 12.8 Å². The van der Waals surface area contributed by atoms with Crippen molar-refractivity contribution in [2.24, 2.45) is 5.92 Å². The number of halogens is 1. The molecule has 1 fully saturated rings. The van der Waals surface area contributed by atoms with Crippen LogP contribution < -0.4 is 15.8 Å². The van der Waals surface area contributed by atoms with Gasteiger partial charge in [-0.1, -0.05) is 0 Å². The summed E-state index contributed by atoms with van der Waals surface area (Å²) in [4.78, 5) is 12.0. The summed E-state index contributed by atoms with van der Waals surface area (Å²) in [5.74, 6) is 0.670. The molecule has 0 unspecified atom stereocenters. The normalized spacial score (nSPS) is 15.4. The highest BCUT2D eigenvalue weighted by Crippen LogP contribution is 2.25. The second-order valence-corrected chi connectivity index (χ2v) is 4.33. The molecule has 106 valence electrons. The van der Waals surface area contributed by atoms with Crippen molar-refractivity contribution >= 4 is 29.7 Å². The molecule has 1 aliphatic rings. The molecule has 1 aliphatic heterocycles. The average Bonchev–Trinajstić information content (AvgIpc) is 2.40. The van der Waals surface area contributed by atoms with Crippen LogP contribution in [0.3, 0.4) is 0 Å². The lowest BCUT2D eigenvalue weighted by Gasteiger charge is -2.21. The second-order valence-electron chi connectivity index (χ2n) is 4.33. The molecule has 0 spiro atoms. The number of hydrogen-bond acceptors (Lipinski definition) is 4. The summed E-state index contributed by atoms with van der Waals surface area (Å²) < 4.78 is 10.3. The lowest BCUT2D eigenvalue weighted by molar-refractivity contribution is -0.122.